The molecule has 0 unspecified atom stereocenters. The van der Waals surface area contributed by atoms with Crippen molar-refractivity contribution in [2.24, 2.45) is 0 Å². The first-order valence-corrected chi connectivity index (χ1v) is 21.5. The van der Waals surface area contributed by atoms with Gasteiger partial charge in [0.15, 0.2) is 0 Å². The molecule has 3 heteroatoms. The van der Waals surface area contributed by atoms with Crippen LogP contribution in [0.5, 0.6) is 0 Å². The van der Waals surface area contributed by atoms with Gasteiger partial charge in [0.25, 0.3) is 0 Å². The highest BCUT2D eigenvalue weighted by Gasteiger charge is 2.17. The number of furan rings is 1. The molecule has 2 aromatic heterocycles. The lowest BCUT2D eigenvalue weighted by Crippen LogP contribution is -2.09. The van der Waals surface area contributed by atoms with E-state index in [9.17, 15) is 0 Å². The van der Waals surface area contributed by atoms with Crippen LogP contribution in [0, 0.1) is 0 Å². The maximum Gasteiger partial charge on any atom is 0.135 e. The smallest absolute Gasteiger partial charge is 0.135 e. The number of anilines is 3. The summed E-state index contributed by atoms with van der Waals surface area (Å²) in [5.74, 6) is 0. The highest BCUT2D eigenvalue weighted by atomic mass is 16.3. The lowest BCUT2D eigenvalue weighted by molar-refractivity contribution is 0.669. The summed E-state index contributed by atoms with van der Waals surface area (Å²) in [5.41, 5.74) is 17.9. The van der Waals surface area contributed by atoms with Gasteiger partial charge in [-0.3, -0.25) is 0 Å². The Labute approximate surface area is 366 Å². The van der Waals surface area contributed by atoms with Gasteiger partial charge in [-0.05, 0) is 148 Å². The molecule has 0 N–H and O–H groups in total. The average molecular weight is 805 g/mol. The SMILES string of the molecule is c1ccc(N(c2ccccc2)c2cccc(-c3cccc(-c4cc(-c5ccc6oc7ccccc7c6c5)cc(-c5ccc6c7ccccc7n(-c7ccccc7)c6c5)c4)c3)c2)cc1. The Balaban J connectivity index is 1.02. The molecule has 0 spiro atoms. The number of rotatable bonds is 8. The molecule has 0 atom stereocenters. The third kappa shape index (κ3) is 6.55. The summed E-state index contributed by atoms with van der Waals surface area (Å²) in [6.07, 6.45) is 0. The number of aromatic nitrogens is 1. The quantitative estimate of drug-likeness (QED) is 0.153. The van der Waals surface area contributed by atoms with E-state index in [1.807, 2.05) is 12.1 Å². The molecule has 0 saturated heterocycles. The summed E-state index contributed by atoms with van der Waals surface area (Å²) in [4.78, 5) is 2.32. The Hall–Kier alpha value is -8.40. The second-order valence-corrected chi connectivity index (χ2v) is 16.2. The van der Waals surface area contributed by atoms with Gasteiger partial charge >= 0.3 is 0 Å². The number of hydrogen-bond acceptors (Lipinski definition) is 2. The Kier molecular flexibility index (Phi) is 8.83. The molecule has 0 aliphatic rings. The fourth-order valence-corrected chi connectivity index (χ4v) is 9.34. The Morgan fingerprint density at radius 1 is 0.270 bits per heavy atom. The number of para-hydroxylation sites is 5. The number of fused-ring (bicyclic) bond motifs is 6. The van der Waals surface area contributed by atoms with E-state index in [1.165, 1.54) is 21.8 Å². The zero-order valence-corrected chi connectivity index (χ0v) is 34.4. The normalized spacial score (nSPS) is 11.5. The van der Waals surface area contributed by atoms with E-state index >= 15 is 0 Å². The Bertz CT molecular complexity index is 3580. The van der Waals surface area contributed by atoms with Gasteiger partial charge in [-0.25, -0.2) is 0 Å². The molecule has 63 heavy (non-hydrogen) atoms. The standard InChI is InChI=1S/C60H40N2O/c1-4-19-49(20-5-1)61(50-21-6-2-7-22-50)52-25-15-18-43(38-52)41-16-14-17-42(34-41)46-35-47(44-31-33-60-56(39-44)55-27-11-13-29-59(55)63-60)37-48(36-46)45-30-32-54-53-26-10-12-28-57(53)62(58(54)40-45)51-23-8-3-9-24-51/h1-40H. The van der Waals surface area contributed by atoms with Crippen LogP contribution < -0.4 is 4.90 Å². The molecule has 2 heterocycles. The summed E-state index contributed by atoms with van der Waals surface area (Å²) in [5, 5.41) is 4.72. The first kappa shape index (κ1) is 36.5. The first-order chi connectivity index (χ1) is 31.2. The van der Waals surface area contributed by atoms with Gasteiger partial charge in [0.1, 0.15) is 11.2 Å². The van der Waals surface area contributed by atoms with Gasteiger partial charge in [-0.15, -0.1) is 0 Å². The molecule has 296 valence electrons. The Morgan fingerprint density at radius 3 is 1.46 bits per heavy atom. The van der Waals surface area contributed by atoms with Crippen LogP contribution in [-0.4, -0.2) is 4.57 Å². The van der Waals surface area contributed by atoms with Gasteiger partial charge in [0, 0.05) is 44.3 Å². The van der Waals surface area contributed by atoms with Gasteiger partial charge in [-0.2, -0.15) is 0 Å². The van der Waals surface area contributed by atoms with Crippen molar-refractivity contribution in [2.45, 2.75) is 0 Å². The minimum Gasteiger partial charge on any atom is -0.456 e. The summed E-state index contributed by atoms with van der Waals surface area (Å²) in [6.45, 7) is 0. The van der Waals surface area contributed by atoms with Crippen LogP contribution in [-0.2, 0) is 0 Å². The minimum absolute atomic E-state index is 0.892. The van der Waals surface area contributed by atoms with E-state index in [0.29, 0.717) is 0 Å². The van der Waals surface area contributed by atoms with Crippen molar-refractivity contribution < 1.29 is 4.42 Å². The largest absolute Gasteiger partial charge is 0.456 e. The molecule has 0 bridgehead atoms. The maximum atomic E-state index is 6.27. The second-order valence-electron chi connectivity index (χ2n) is 16.2. The van der Waals surface area contributed by atoms with Crippen molar-refractivity contribution in [3.05, 3.63) is 243 Å². The van der Waals surface area contributed by atoms with E-state index in [0.717, 1.165) is 89.2 Å². The maximum absolute atomic E-state index is 6.27. The molecule has 3 nitrogen and oxygen atoms in total. The molecule has 12 rings (SSSR count). The van der Waals surface area contributed by atoms with Gasteiger partial charge < -0.3 is 13.9 Å². The zero-order chi connectivity index (χ0) is 41.7. The number of benzene rings is 10. The molecular weight excluding hydrogens is 765 g/mol. The van der Waals surface area contributed by atoms with Crippen LogP contribution in [0.4, 0.5) is 17.1 Å². The molecule has 0 fully saturated rings. The van der Waals surface area contributed by atoms with Gasteiger partial charge in [0.05, 0.1) is 11.0 Å². The summed E-state index contributed by atoms with van der Waals surface area (Å²) in [6, 6.07) is 87.3. The first-order valence-electron chi connectivity index (χ1n) is 21.5. The van der Waals surface area contributed by atoms with Crippen molar-refractivity contribution in [1.82, 2.24) is 4.57 Å². The monoisotopic (exact) mass is 804 g/mol. The number of nitrogens with zero attached hydrogens (tertiary/aromatic N) is 2. The van der Waals surface area contributed by atoms with Crippen LogP contribution in [0.3, 0.4) is 0 Å². The third-order valence-corrected chi connectivity index (χ3v) is 12.3. The molecule has 0 amide bonds. The summed E-state index contributed by atoms with van der Waals surface area (Å²) in [7, 11) is 0. The lowest BCUT2D eigenvalue weighted by atomic mass is 9.91. The van der Waals surface area contributed by atoms with Crippen LogP contribution in [0.15, 0.2) is 247 Å². The van der Waals surface area contributed by atoms with E-state index in [2.05, 4.69) is 240 Å². The van der Waals surface area contributed by atoms with E-state index in [-0.39, 0.29) is 0 Å². The van der Waals surface area contributed by atoms with Crippen LogP contribution in [0.2, 0.25) is 0 Å². The van der Waals surface area contributed by atoms with Gasteiger partial charge in [-0.1, -0.05) is 140 Å². The van der Waals surface area contributed by atoms with Crippen molar-refractivity contribution >= 4 is 60.8 Å². The van der Waals surface area contributed by atoms with Crippen molar-refractivity contribution in [3.63, 3.8) is 0 Å². The number of hydrogen-bond donors (Lipinski definition) is 0. The lowest BCUT2D eigenvalue weighted by Gasteiger charge is -2.26. The van der Waals surface area contributed by atoms with Gasteiger partial charge in [0.2, 0.25) is 0 Å². The van der Waals surface area contributed by atoms with Crippen LogP contribution in [0.25, 0.3) is 93.9 Å². The van der Waals surface area contributed by atoms with Crippen molar-refractivity contribution in [1.29, 1.82) is 0 Å². The van der Waals surface area contributed by atoms with E-state index in [1.54, 1.807) is 0 Å². The van der Waals surface area contributed by atoms with Crippen molar-refractivity contribution in [2.75, 3.05) is 4.90 Å². The molecule has 12 aromatic rings. The summed E-state index contributed by atoms with van der Waals surface area (Å²) < 4.78 is 8.66. The average Bonchev–Trinajstić information content (AvgIpc) is 3.90. The molecule has 0 aliphatic heterocycles. The summed E-state index contributed by atoms with van der Waals surface area (Å²) >= 11 is 0. The molecule has 10 aromatic carbocycles. The minimum atomic E-state index is 0.892. The van der Waals surface area contributed by atoms with Crippen LogP contribution in [0.1, 0.15) is 0 Å². The highest BCUT2D eigenvalue weighted by Crippen LogP contribution is 2.41. The molecule has 0 aliphatic carbocycles. The van der Waals surface area contributed by atoms with Crippen molar-refractivity contribution in [3.8, 4) is 50.2 Å². The predicted molar refractivity (Wildman–Crippen MR) is 264 cm³/mol. The van der Waals surface area contributed by atoms with Crippen LogP contribution >= 0.6 is 0 Å². The van der Waals surface area contributed by atoms with E-state index < -0.39 is 0 Å². The van der Waals surface area contributed by atoms with E-state index in [4.69, 9.17) is 4.42 Å². The third-order valence-electron chi connectivity index (χ3n) is 12.3. The predicted octanol–water partition coefficient (Wildman–Crippen LogP) is 16.8. The second kappa shape index (κ2) is 15.3. The fourth-order valence-electron chi connectivity index (χ4n) is 9.34. The fraction of sp³-hybridized carbons (Fsp3) is 0. The Morgan fingerprint density at radius 2 is 0.746 bits per heavy atom. The molecule has 0 radical (unpaired) electrons. The molecular formula is C60H40N2O. The topological polar surface area (TPSA) is 21.3 Å². The highest BCUT2D eigenvalue weighted by molar-refractivity contribution is 6.10. The molecule has 0 saturated carbocycles. The zero-order valence-electron chi connectivity index (χ0n) is 34.4.